The van der Waals surface area contributed by atoms with Gasteiger partial charge in [-0.2, -0.15) is 0 Å². The zero-order chi connectivity index (χ0) is 27.4. The summed E-state index contributed by atoms with van der Waals surface area (Å²) < 4.78 is 18.8. The van der Waals surface area contributed by atoms with E-state index in [1.165, 1.54) is 0 Å². The van der Waals surface area contributed by atoms with Gasteiger partial charge in [0.25, 0.3) is 5.56 Å². The number of fused-ring (bicyclic) bond motifs is 2. The molecule has 39 heavy (non-hydrogen) atoms. The number of aromatic carboxylic acids is 1. The molecule has 202 valence electrons. The molecule has 0 unspecified atom stereocenters. The highest BCUT2D eigenvalue weighted by Crippen LogP contribution is 2.38. The van der Waals surface area contributed by atoms with Crippen LogP contribution in [0, 0.1) is 0 Å². The van der Waals surface area contributed by atoms with Crippen molar-refractivity contribution in [2.75, 3.05) is 6.79 Å². The quantitative estimate of drug-likeness (QED) is 0.272. The predicted molar refractivity (Wildman–Crippen MR) is 148 cm³/mol. The first-order valence-electron chi connectivity index (χ1n) is 13.4. The van der Waals surface area contributed by atoms with Crippen molar-refractivity contribution in [2.45, 2.75) is 59.1 Å². The summed E-state index contributed by atoms with van der Waals surface area (Å²) in [7, 11) is 0. The molecule has 0 amide bonds. The van der Waals surface area contributed by atoms with Crippen molar-refractivity contribution in [3.63, 3.8) is 0 Å². The summed E-state index contributed by atoms with van der Waals surface area (Å²) in [6.07, 6.45) is 5.81. The van der Waals surface area contributed by atoms with Gasteiger partial charge in [0, 0.05) is 12.1 Å². The van der Waals surface area contributed by atoms with Gasteiger partial charge in [-0.05, 0) is 54.2 Å². The molecule has 0 saturated heterocycles. The fourth-order valence-corrected chi connectivity index (χ4v) is 5.10. The van der Waals surface area contributed by atoms with Crippen LogP contribution in [0.2, 0.25) is 0 Å². The summed E-state index contributed by atoms with van der Waals surface area (Å²) in [4.78, 5) is 29.4. The minimum absolute atomic E-state index is 0.00404. The molecule has 8 heteroatoms. The van der Waals surface area contributed by atoms with Gasteiger partial charge in [-0.15, -0.1) is 0 Å². The first-order valence-corrected chi connectivity index (χ1v) is 13.4. The Kier molecular flexibility index (Phi) is 7.81. The summed E-state index contributed by atoms with van der Waals surface area (Å²) >= 11 is 0. The van der Waals surface area contributed by atoms with Gasteiger partial charge in [0.05, 0.1) is 17.2 Å². The van der Waals surface area contributed by atoms with Crippen molar-refractivity contribution in [3.05, 3.63) is 93.0 Å². The van der Waals surface area contributed by atoms with E-state index in [2.05, 4.69) is 31.0 Å². The van der Waals surface area contributed by atoms with Gasteiger partial charge in [0.2, 0.25) is 6.79 Å². The Morgan fingerprint density at radius 3 is 2.46 bits per heavy atom. The Balaban J connectivity index is 1.42. The summed E-state index contributed by atoms with van der Waals surface area (Å²) in [5, 5.41) is 10.5. The van der Waals surface area contributed by atoms with Crippen LogP contribution in [0.4, 0.5) is 0 Å². The van der Waals surface area contributed by atoms with Crippen LogP contribution in [-0.2, 0) is 32.4 Å². The molecule has 0 bridgehead atoms. The summed E-state index contributed by atoms with van der Waals surface area (Å²) in [6, 6.07) is 15.1. The number of para-hydroxylation sites is 1. The molecule has 1 aliphatic heterocycles. The topological polar surface area (TPSA) is 99.9 Å². The van der Waals surface area contributed by atoms with Crippen LogP contribution in [0.1, 0.15) is 59.3 Å². The Hall–Kier alpha value is -4.33. The molecule has 0 aliphatic carbocycles. The van der Waals surface area contributed by atoms with E-state index in [1.54, 1.807) is 23.0 Å². The van der Waals surface area contributed by atoms with Gasteiger partial charge in [0.1, 0.15) is 17.9 Å². The van der Waals surface area contributed by atoms with Gasteiger partial charge >= 0.3 is 5.97 Å². The third kappa shape index (κ3) is 5.46. The molecule has 0 spiro atoms. The molecule has 1 aliphatic rings. The average Bonchev–Trinajstić information content (AvgIpc) is 3.41. The number of aryl methyl sites for hydroxylation is 4. The van der Waals surface area contributed by atoms with Crippen LogP contribution in [0.25, 0.3) is 10.9 Å². The number of nitrogens with zero attached hydrogens (tertiary/aromatic N) is 2. The zero-order valence-electron chi connectivity index (χ0n) is 22.2. The number of hydrogen-bond acceptors (Lipinski definition) is 6. The Morgan fingerprint density at radius 2 is 1.74 bits per heavy atom. The van der Waals surface area contributed by atoms with E-state index < -0.39 is 5.97 Å². The normalized spacial score (nSPS) is 12.2. The Bertz CT molecular complexity index is 1550. The van der Waals surface area contributed by atoms with Crippen molar-refractivity contribution < 1.29 is 24.1 Å². The largest absolute Gasteiger partial charge is 0.488 e. The number of carbonyl (C=O) groups is 1. The van der Waals surface area contributed by atoms with E-state index in [1.807, 2.05) is 24.3 Å². The second-order valence-electron chi connectivity index (χ2n) is 9.68. The average molecular weight is 529 g/mol. The van der Waals surface area contributed by atoms with Crippen molar-refractivity contribution in [1.82, 2.24) is 9.55 Å². The second kappa shape index (κ2) is 11.6. The number of rotatable bonds is 11. The van der Waals surface area contributed by atoms with Crippen LogP contribution >= 0.6 is 0 Å². The molecule has 0 radical (unpaired) electrons. The minimum atomic E-state index is -1.08. The molecular weight excluding hydrogens is 496 g/mol. The summed E-state index contributed by atoms with van der Waals surface area (Å²) in [5.74, 6) is 0.410. The minimum Gasteiger partial charge on any atom is -0.488 e. The summed E-state index contributed by atoms with van der Waals surface area (Å²) in [5.41, 5.74) is 4.56. The van der Waals surface area contributed by atoms with E-state index in [4.69, 9.17) is 14.2 Å². The van der Waals surface area contributed by atoms with Crippen molar-refractivity contribution in [1.29, 1.82) is 0 Å². The maximum absolute atomic E-state index is 13.0. The third-order valence-electron chi connectivity index (χ3n) is 6.93. The van der Waals surface area contributed by atoms with E-state index >= 15 is 0 Å². The summed E-state index contributed by atoms with van der Waals surface area (Å²) in [6.45, 7) is 4.87. The van der Waals surface area contributed by atoms with Gasteiger partial charge in [-0.1, -0.05) is 57.0 Å². The van der Waals surface area contributed by atoms with Crippen LogP contribution in [0.3, 0.4) is 0 Å². The standard InChI is InChI=1S/C31H32N2O6/c1-3-7-21-15-20(13-14-33-18-32-25-10-6-5-9-24(25)30(33)34)16-22(8-4-2)28(21)37-17-23-11-12-26-29(39-19-38-26)27(23)31(35)36/h5-6,9-12,15-16,18H,3-4,7-8,13-14,17,19H2,1-2H3,(H,35,36). The number of aromatic nitrogens is 2. The first kappa shape index (κ1) is 26.3. The van der Waals surface area contributed by atoms with Crippen molar-refractivity contribution in [3.8, 4) is 17.2 Å². The maximum atomic E-state index is 13.0. The predicted octanol–water partition coefficient (Wildman–Crippen LogP) is 5.55. The fourth-order valence-electron chi connectivity index (χ4n) is 5.10. The highest BCUT2D eigenvalue weighted by Gasteiger charge is 2.26. The molecule has 1 N–H and O–H groups in total. The van der Waals surface area contributed by atoms with Crippen LogP contribution in [0.5, 0.6) is 17.2 Å². The van der Waals surface area contributed by atoms with Gasteiger partial charge in [0.15, 0.2) is 11.5 Å². The molecular formula is C31H32N2O6. The molecule has 1 aromatic heterocycles. The molecule has 4 aromatic rings. The van der Waals surface area contributed by atoms with Crippen LogP contribution in [-0.4, -0.2) is 27.4 Å². The lowest BCUT2D eigenvalue weighted by Gasteiger charge is -2.19. The highest BCUT2D eigenvalue weighted by atomic mass is 16.7. The van der Waals surface area contributed by atoms with E-state index in [0.717, 1.165) is 48.1 Å². The van der Waals surface area contributed by atoms with Gasteiger partial charge < -0.3 is 19.3 Å². The van der Waals surface area contributed by atoms with E-state index in [-0.39, 0.29) is 30.3 Å². The lowest BCUT2D eigenvalue weighted by Crippen LogP contribution is -2.21. The molecule has 0 fully saturated rings. The Labute approximate surface area is 226 Å². The first-order chi connectivity index (χ1) is 19.0. The van der Waals surface area contributed by atoms with Crippen LogP contribution < -0.4 is 19.8 Å². The van der Waals surface area contributed by atoms with Crippen LogP contribution in [0.15, 0.2) is 59.7 Å². The molecule has 2 heterocycles. The van der Waals surface area contributed by atoms with E-state index in [9.17, 15) is 14.7 Å². The lowest BCUT2D eigenvalue weighted by atomic mass is 9.96. The zero-order valence-corrected chi connectivity index (χ0v) is 22.2. The third-order valence-corrected chi connectivity index (χ3v) is 6.93. The lowest BCUT2D eigenvalue weighted by molar-refractivity contribution is 0.0689. The molecule has 0 saturated carbocycles. The number of ether oxygens (including phenoxy) is 3. The van der Waals surface area contributed by atoms with E-state index in [0.29, 0.717) is 35.2 Å². The SMILES string of the molecule is CCCc1cc(CCn2cnc3ccccc3c2=O)cc(CCC)c1OCc1ccc2c(c1C(=O)O)OCO2. The second-order valence-corrected chi connectivity index (χ2v) is 9.68. The highest BCUT2D eigenvalue weighted by molar-refractivity contribution is 5.94. The van der Waals surface area contributed by atoms with Gasteiger partial charge in [-0.3, -0.25) is 9.36 Å². The molecule has 8 nitrogen and oxygen atoms in total. The van der Waals surface area contributed by atoms with Crippen molar-refractivity contribution in [2.24, 2.45) is 0 Å². The Morgan fingerprint density at radius 1 is 1.00 bits per heavy atom. The smallest absolute Gasteiger partial charge is 0.340 e. The molecule has 0 atom stereocenters. The number of carboxylic acids is 1. The van der Waals surface area contributed by atoms with Crippen molar-refractivity contribution >= 4 is 16.9 Å². The number of carboxylic acid groups (broad SMARTS) is 1. The molecule has 3 aromatic carbocycles. The fraction of sp³-hybridized carbons (Fsp3) is 0.323. The number of hydrogen-bond donors (Lipinski definition) is 1. The monoisotopic (exact) mass is 528 g/mol. The molecule has 5 rings (SSSR count). The maximum Gasteiger partial charge on any atom is 0.340 e. The number of benzene rings is 3. The van der Waals surface area contributed by atoms with Gasteiger partial charge in [-0.25, -0.2) is 9.78 Å².